The SMILES string of the molecule is CCOc1ccc(NC(=O)N(CCO)C2CC2)cc1Cl. The minimum Gasteiger partial charge on any atom is -0.492 e. The number of halogens is 1. The number of aliphatic hydroxyl groups excluding tert-OH is 1. The summed E-state index contributed by atoms with van der Waals surface area (Å²) >= 11 is 6.08. The molecule has 0 atom stereocenters. The molecule has 1 aromatic rings. The van der Waals surface area contributed by atoms with Crippen LogP contribution in [0, 0.1) is 0 Å². The van der Waals surface area contributed by atoms with Gasteiger partial charge in [-0.15, -0.1) is 0 Å². The number of nitrogens with zero attached hydrogens (tertiary/aromatic N) is 1. The average molecular weight is 299 g/mol. The zero-order valence-electron chi connectivity index (χ0n) is 11.4. The number of ether oxygens (including phenoxy) is 1. The lowest BCUT2D eigenvalue weighted by molar-refractivity contribution is 0.185. The van der Waals surface area contributed by atoms with Gasteiger partial charge >= 0.3 is 6.03 Å². The molecule has 1 saturated carbocycles. The normalized spacial score (nSPS) is 13.9. The van der Waals surface area contributed by atoms with Crippen molar-refractivity contribution in [1.29, 1.82) is 0 Å². The van der Waals surface area contributed by atoms with Crippen molar-refractivity contribution in [1.82, 2.24) is 4.90 Å². The molecule has 1 aliphatic carbocycles. The third-order valence-corrected chi connectivity index (χ3v) is 3.37. The van der Waals surface area contributed by atoms with E-state index >= 15 is 0 Å². The fraction of sp³-hybridized carbons (Fsp3) is 0.500. The van der Waals surface area contributed by atoms with Crippen LogP contribution in [0.3, 0.4) is 0 Å². The molecular weight excluding hydrogens is 280 g/mol. The first-order chi connectivity index (χ1) is 9.65. The minimum atomic E-state index is -0.207. The van der Waals surface area contributed by atoms with Crippen molar-refractivity contribution in [2.24, 2.45) is 0 Å². The molecule has 1 fully saturated rings. The predicted molar refractivity (Wildman–Crippen MR) is 78.5 cm³/mol. The van der Waals surface area contributed by atoms with Crippen LogP contribution in [-0.4, -0.2) is 41.8 Å². The zero-order chi connectivity index (χ0) is 14.5. The number of rotatable bonds is 6. The predicted octanol–water partition coefficient (Wildman–Crippen LogP) is 2.73. The maximum absolute atomic E-state index is 12.1. The van der Waals surface area contributed by atoms with E-state index in [1.165, 1.54) is 0 Å². The highest BCUT2D eigenvalue weighted by Gasteiger charge is 2.32. The Morgan fingerprint density at radius 3 is 2.85 bits per heavy atom. The summed E-state index contributed by atoms with van der Waals surface area (Å²) in [6.45, 7) is 2.74. The van der Waals surface area contributed by atoms with Crippen molar-refractivity contribution in [3.05, 3.63) is 23.2 Å². The van der Waals surface area contributed by atoms with Gasteiger partial charge in [0.25, 0.3) is 0 Å². The zero-order valence-corrected chi connectivity index (χ0v) is 12.2. The maximum atomic E-state index is 12.1. The molecule has 0 aromatic heterocycles. The van der Waals surface area contributed by atoms with E-state index < -0.39 is 0 Å². The fourth-order valence-electron chi connectivity index (χ4n) is 1.99. The Balaban J connectivity index is 2.01. The van der Waals surface area contributed by atoms with Crippen LogP contribution in [0.2, 0.25) is 5.02 Å². The van der Waals surface area contributed by atoms with Crippen molar-refractivity contribution in [2.45, 2.75) is 25.8 Å². The summed E-state index contributed by atoms with van der Waals surface area (Å²) < 4.78 is 5.34. The molecule has 5 nitrogen and oxygen atoms in total. The van der Waals surface area contributed by atoms with E-state index in [0.29, 0.717) is 29.6 Å². The Morgan fingerprint density at radius 2 is 2.30 bits per heavy atom. The van der Waals surface area contributed by atoms with Gasteiger partial charge in [-0.3, -0.25) is 0 Å². The van der Waals surface area contributed by atoms with Gasteiger partial charge in [0.1, 0.15) is 5.75 Å². The van der Waals surface area contributed by atoms with Crippen molar-refractivity contribution in [3.8, 4) is 5.75 Å². The van der Waals surface area contributed by atoms with E-state index in [1.54, 1.807) is 23.1 Å². The molecule has 2 rings (SSSR count). The van der Waals surface area contributed by atoms with E-state index in [2.05, 4.69) is 5.32 Å². The summed E-state index contributed by atoms with van der Waals surface area (Å²) in [5, 5.41) is 12.3. The van der Waals surface area contributed by atoms with Crippen LogP contribution >= 0.6 is 11.6 Å². The second kappa shape index (κ2) is 6.81. The summed E-state index contributed by atoms with van der Waals surface area (Å²) in [4.78, 5) is 13.8. The lowest BCUT2D eigenvalue weighted by Gasteiger charge is -2.22. The summed E-state index contributed by atoms with van der Waals surface area (Å²) in [5.74, 6) is 0.599. The highest BCUT2D eigenvalue weighted by Crippen LogP contribution is 2.29. The molecule has 110 valence electrons. The highest BCUT2D eigenvalue weighted by atomic mass is 35.5. The Hall–Kier alpha value is -1.46. The molecular formula is C14H19ClN2O3. The molecule has 0 unspecified atom stereocenters. The molecule has 0 radical (unpaired) electrons. The number of carbonyl (C=O) groups is 1. The van der Waals surface area contributed by atoms with Crippen molar-refractivity contribution in [2.75, 3.05) is 25.1 Å². The first kappa shape index (κ1) is 14.9. The van der Waals surface area contributed by atoms with Crippen LogP contribution in [0.15, 0.2) is 18.2 Å². The van der Waals surface area contributed by atoms with Crippen LogP contribution in [-0.2, 0) is 0 Å². The molecule has 2 amide bonds. The molecule has 6 heteroatoms. The number of urea groups is 1. The Bertz CT molecular complexity index is 477. The van der Waals surface area contributed by atoms with Crippen LogP contribution in [0.25, 0.3) is 0 Å². The van der Waals surface area contributed by atoms with Gasteiger partial charge in [-0.25, -0.2) is 4.79 Å². The van der Waals surface area contributed by atoms with Gasteiger partial charge < -0.3 is 20.1 Å². The number of nitrogens with one attached hydrogen (secondary N) is 1. The molecule has 0 saturated heterocycles. The molecule has 2 N–H and O–H groups in total. The Labute approximate surface area is 123 Å². The second-order valence-corrected chi connectivity index (χ2v) is 5.06. The third kappa shape index (κ3) is 3.77. The molecule has 1 aliphatic rings. The lowest BCUT2D eigenvalue weighted by atomic mass is 10.3. The van der Waals surface area contributed by atoms with E-state index in [-0.39, 0.29) is 18.7 Å². The van der Waals surface area contributed by atoms with Gasteiger partial charge in [-0.1, -0.05) is 11.6 Å². The lowest BCUT2D eigenvalue weighted by Crippen LogP contribution is -2.38. The van der Waals surface area contributed by atoms with Crippen LogP contribution < -0.4 is 10.1 Å². The monoisotopic (exact) mass is 298 g/mol. The summed E-state index contributed by atoms with van der Waals surface area (Å²) in [5.41, 5.74) is 0.618. The first-order valence-electron chi connectivity index (χ1n) is 6.76. The first-order valence-corrected chi connectivity index (χ1v) is 7.14. The number of benzene rings is 1. The molecule has 20 heavy (non-hydrogen) atoms. The number of hydrogen-bond donors (Lipinski definition) is 2. The van der Waals surface area contributed by atoms with Crippen LogP contribution in [0.4, 0.5) is 10.5 Å². The Morgan fingerprint density at radius 1 is 1.55 bits per heavy atom. The van der Waals surface area contributed by atoms with Gasteiger partial charge in [-0.2, -0.15) is 0 Å². The van der Waals surface area contributed by atoms with E-state index in [0.717, 1.165) is 12.8 Å². The molecule has 0 heterocycles. The molecule has 0 bridgehead atoms. The van der Waals surface area contributed by atoms with Crippen molar-refractivity contribution in [3.63, 3.8) is 0 Å². The molecule has 1 aromatic carbocycles. The average Bonchev–Trinajstić information content (AvgIpc) is 3.23. The summed E-state index contributed by atoms with van der Waals surface area (Å²) in [7, 11) is 0. The number of hydrogen-bond acceptors (Lipinski definition) is 3. The Kier molecular flexibility index (Phi) is 5.09. The maximum Gasteiger partial charge on any atom is 0.322 e. The number of anilines is 1. The summed E-state index contributed by atoms with van der Waals surface area (Å²) in [6.07, 6.45) is 1.99. The van der Waals surface area contributed by atoms with Crippen LogP contribution in [0.1, 0.15) is 19.8 Å². The number of amides is 2. The van der Waals surface area contributed by atoms with Gasteiger partial charge in [0.05, 0.1) is 18.2 Å². The van der Waals surface area contributed by atoms with E-state index in [9.17, 15) is 4.79 Å². The highest BCUT2D eigenvalue weighted by molar-refractivity contribution is 6.32. The number of carbonyl (C=O) groups excluding carboxylic acids is 1. The number of aliphatic hydroxyl groups is 1. The van der Waals surface area contributed by atoms with Gasteiger partial charge in [0.2, 0.25) is 0 Å². The molecule has 0 aliphatic heterocycles. The van der Waals surface area contributed by atoms with Gasteiger partial charge in [-0.05, 0) is 38.0 Å². The quantitative estimate of drug-likeness (QED) is 0.849. The standard InChI is InChI=1S/C14H19ClN2O3/c1-2-20-13-6-3-10(9-12(13)15)16-14(19)17(7-8-18)11-4-5-11/h3,6,9,11,18H,2,4-5,7-8H2,1H3,(H,16,19). The van der Waals surface area contributed by atoms with Crippen LogP contribution in [0.5, 0.6) is 5.75 Å². The fourth-order valence-corrected chi connectivity index (χ4v) is 2.23. The van der Waals surface area contributed by atoms with Crippen molar-refractivity contribution < 1.29 is 14.6 Å². The topological polar surface area (TPSA) is 61.8 Å². The third-order valence-electron chi connectivity index (χ3n) is 3.07. The van der Waals surface area contributed by atoms with Gasteiger partial charge in [0.15, 0.2) is 0 Å². The van der Waals surface area contributed by atoms with Gasteiger partial charge in [0, 0.05) is 18.3 Å². The minimum absolute atomic E-state index is 0.0338. The summed E-state index contributed by atoms with van der Waals surface area (Å²) in [6, 6.07) is 5.18. The van der Waals surface area contributed by atoms with Crippen molar-refractivity contribution >= 4 is 23.3 Å². The second-order valence-electron chi connectivity index (χ2n) is 4.66. The molecule has 0 spiro atoms. The van der Waals surface area contributed by atoms with E-state index in [4.69, 9.17) is 21.4 Å². The smallest absolute Gasteiger partial charge is 0.322 e. The van der Waals surface area contributed by atoms with E-state index in [1.807, 2.05) is 6.92 Å². The largest absolute Gasteiger partial charge is 0.492 e.